The highest BCUT2D eigenvalue weighted by molar-refractivity contribution is 5.68. The van der Waals surface area contributed by atoms with Gasteiger partial charge in [0.2, 0.25) is 0 Å². The molecule has 2 fully saturated rings. The van der Waals surface area contributed by atoms with Crippen LogP contribution in [0.3, 0.4) is 0 Å². The van der Waals surface area contributed by atoms with Gasteiger partial charge in [-0.3, -0.25) is 5.10 Å². The number of aromatic amines is 1. The first-order chi connectivity index (χ1) is 14.9. The summed E-state index contributed by atoms with van der Waals surface area (Å²) in [4.78, 5) is 6.00. The lowest BCUT2D eigenvalue weighted by atomic mass is 9.98. The summed E-state index contributed by atoms with van der Waals surface area (Å²) in [7, 11) is 2.00. The Balaban J connectivity index is 1.40. The molecule has 1 unspecified atom stereocenters. The summed E-state index contributed by atoms with van der Waals surface area (Å²) < 4.78 is 40.9. The van der Waals surface area contributed by atoms with Gasteiger partial charge < -0.3 is 10.2 Å². The molecule has 2 saturated heterocycles. The number of pyridine rings is 1. The minimum Gasteiger partial charge on any atom is -0.355 e. The van der Waals surface area contributed by atoms with Gasteiger partial charge in [-0.2, -0.15) is 18.3 Å². The number of alkyl halides is 3. The van der Waals surface area contributed by atoms with Crippen molar-refractivity contribution in [3.8, 4) is 22.5 Å². The van der Waals surface area contributed by atoms with Crippen molar-refractivity contribution < 1.29 is 13.2 Å². The van der Waals surface area contributed by atoms with Crippen molar-refractivity contribution in [1.82, 2.24) is 30.7 Å². The smallest absolute Gasteiger partial charge is 0.355 e. The maximum atomic E-state index is 13.6. The fraction of sp³-hybridized carbons (Fsp3) is 0.429. The van der Waals surface area contributed by atoms with Gasteiger partial charge in [0.25, 0.3) is 0 Å². The molecule has 0 aromatic carbocycles. The van der Waals surface area contributed by atoms with E-state index in [1.54, 1.807) is 12.1 Å². The standard InChI is InChI=1S/C21H22F3N7/c1-31(15-8-13-2-3-14(9-15)27-13)19-7-6-18(29-30-19)17-5-4-16(12-10-25-26-11-12)20(28-17)21(22,23)24/h4-7,10-11,13-15,27H,2-3,8-9H2,1H3,(H,25,26)/t13-,14+,15?. The molecule has 5 rings (SSSR count). The van der Waals surface area contributed by atoms with Crippen LogP contribution < -0.4 is 10.2 Å². The zero-order valence-electron chi connectivity index (χ0n) is 16.9. The van der Waals surface area contributed by atoms with E-state index in [-0.39, 0.29) is 11.3 Å². The number of nitrogens with one attached hydrogen (secondary N) is 2. The van der Waals surface area contributed by atoms with Crippen LogP contribution in [0.2, 0.25) is 0 Å². The Bertz CT molecular complexity index is 1040. The van der Waals surface area contributed by atoms with Gasteiger partial charge in [0.1, 0.15) is 5.69 Å². The van der Waals surface area contributed by atoms with Gasteiger partial charge in [-0.1, -0.05) is 0 Å². The number of anilines is 1. The maximum Gasteiger partial charge on any atom is 0.433 e. The normalized spacial score (nSPS) is 23.2. The summed E-state index contributed by atoms with van der Waals surface area (Å²) in [5.41, 5.74) is -0.257. The van der Waals surface area contributed by atoms with E-state index in [4.69, 9.17) is 0 Å². The third kappa shape index (κ3) is 3.87. The van der Waals surface area contributed by atoms with Crippen LogP contribution in [0.4, 0.5) is 19.0 Å². The monoisotopic (exact) mass is 429 g/mol. The minimum absolute atomic E-state index is 0.0325. The van der Waals surface area contributed by atoms with E-state index in [9.17, 15) is 13.2 Å². The second-order valence-corrected chi connectivity index (χ2v) is 8.23. The molecule has 3 aromatic heterocycles. The molecular weight excluding hydrogens is 407 g/mol. The lowest BCUT2D eigenvalue weighted by Gasteiger charge is -2.36. The molecule has 2 N–H and O–H groups in total. The number of nitrogens with zero attached hydrogens (tertiary/aromatic N) is 5. The van der Waals surface area contributed by atoms with Crippen molar-refractivity contribution in [3.63, 3.8) is 0 Å². The summed E-state index contributed by atoms with van der Waals surface area (Å²) in [6, 6.07) is 7.87. The molecule has 7 nitrogen and oxygen atoms in total. The number of H-pyrrole nitrogens is 1. The first kappa shape index (κ1) is 19.9. The molecule has 0 aliphatic carbocycles. The number of fused-ring (bicyclic) bond motifs is 2. The van der Waals surface area contributed by atoms with E-state index in [2.05, 4.69) is 35.6 Å². The van der Waals surface area contributed by atoms with E-state index in [0.29, 0.717) is 35.2 Å². The lowest BCUT2D eigenvalue weighted by Crippen LogP contribution is -2.47. The van der Waals surface area contributed by atoms with Gasteiger partial charge in [0, 0.05) is 42.5 Å². The fourth-order valence-electron chi connectivity index (χ4n) is 4.63. The largest absolute Gasteiger partial charge is 0.433 e. The third-order valence-electron chi connectivity index (χ3n) is 6.24. The number of aromatic nitrogens is 5. The van der Waals surface area contributed by atoms with Crippen LogP contribution >= 0.6 is 0 Å². The Kier molecular flexibility index (Phi) is 4.88. The molecule has 10 heteroatoms. The fourth-order valence-corrected chi connectivity index (χ4v) is 4.63. The number of rotatable bonds is 4. The predicted octanol–water partition coefficient (Wildman–Crippen LogP) is 3.67. The highest BCUT2D eigenvalue weighted by Crippen LogP contribution is 2.37. The van der Waals surface area contributed by atoms with E-state index in [1.807, 2.05) is 7.05 Å². The highest BCUT2D eigenvalue weighted by atomic mass is 19.4. The Hall–Kier alpha value is -3.01. The van der Waals surface area contributed by atoms with Crippen molar-refractivity contribution in [2.45, 2.75) is 50.0 Å². The van der Waals surface area contributed by atoms with Crippen molar-refractivity contribution in [2.75, 3.05) is 11.9 Å². The molecule has 31 heavy (non-hydrogen) atoms. The van der Waals surface area contributed by atoms with Gasteiger partial charge >= 0.3 is 6.18 Å². The SMILES string of the molecule is CN(c1ccc(-c2ccc(-c3cn[nH]c3)c(C(F)(F)F)n2)nn1)C1C[C@H]2CC[C@@H](C1)N2. The van der Waals surface area contributed by atoms with Crippen molar-refractivity contribution in [2.24, 2.45) is 0 Å². The first-order valence-electron chi connectivity index (χ1n) is 10.3. The summed E-state index contributed by atoms with van der Waals surface area (Å²) in [6.45, 7) is 0. The zero-order valence-corrected chi connectivity index (χ0v) is 16.9. The molecule has 2 aliphatic rings. The van der Waals surface area contributed by atoms with Crippen LogP contribution in [-0.4, -0.2) is 50.6 Å². The number of halogens is 3. The van der Waals surface area contributed by atoms with Gasteiger partial charge in [-0.25, -0.2) is 4.98 Å². The summed E-state index contributed by atoms with van der Waals surface area (Å²) in [5, 5.41) is 18.3. The molecule has 5 heterocycles. The average molecular weight is 429 g/mol. The Morgan fingerprint density at radius 2 is 1.74 bits per heavy atom. The Morgan fingerprint density at radius 3 is 2.35 bits per heavy atom. The summed E-state index contributed by atoms with van der Waals surface area (Å²) in [5.74, 6) is 0.709. The Labute approximate surface area is 177 Å². The number of hydrogen-bond acceptors (Lipinski definition) is 6. The molecule has 0 amide bonds. The van der Waals surface area contributed by atoms with Gasteiger partial charge in [0.15, 0.2) is 11.5 Å². The zero-order chi connectivity index (χ0) is 21.6. The minimum atomic E-state index is -4.61. The van der Waals surface area contributed by atoms with Gasteiger partial charge in [-0.05, 0) is 49.9 Å². The second-order valence-electron chi connectivity index (χ2n) is 8.23. The van der Waals surface area contributed by atoms with Crippen LogP contribution in [0.25, 0.3) is 22.5 Å². The summed E-state index contributed by atoms with van der Waals surface area (Å²) in [6.07, 6.45) is 2.67. The van der Waals surface area contributed by atoms with Gasteiger partial charge in [-0.15, -0.1) is 10.2 Å². The lowest BCUT2D eigenvalue weighted by molar-refractivity contribution is -0.140. The van der Waals surface area contributed by atoms with Crippen LogP contribution in [0.1, 0.15) is 31.4 Å². The van der Waals surface area contributed by atoms with Crippen LogP contribution in [-0.2, 0) is 6.18 Å². The Morgan fingerprint density at radius 1 is 1.00 bits per heavy atom. The maximum absolute atomic E-state index is 13.6. The van der Waals surface area contributed by atoms with Crippen LogP contribution in [0.15, 0.2) is 36.7 Å². The molecule has 162 valence electrons. The molecule has 2 aliphatic heterocycles. The molecule has 2 bridgehead atoms. The quantitative estimate of drug-likeness (QED) is 0.659. The summed E-state index contributed by atoms with van der Waals surface area (Å²) >= 11 is 0. The molecule has 3 aromatic rings. The van der Waals surface area contributed by atoms with Gasteiger partial charge in [0.05, 0.1) is 11.9 Å². The van der Waals surface area contributed by atoms with E-state index in [1.165, 1.54) is 37.4 Å². The molecule has 0 saturated carbocycles. The first-order valence-corrected chi connectivity index (χ1v) is 10.3. The molecule has 3 atom stereocenters. The third-order valence-corrected chi connectivity index (χ3v) is 6.24. The van der Waals surface area contributed by atoms with E-state index < -0.39 is 11.9 Å². The van der Waals surface area contributed by atoms with Crippen LogP contribution in [0.5, 0.6) is 0 Å². The topological polar surface area (TPSA) is 82.6 Å². The van der Waals surface area contributed by atoms with E-state index in [0.717, 1.165) is 12.8 Å². The predicted molar refractivity (Wildman–Crippen MR) is 109 cm³/mol. The average Bonchev–Trinajstić information content (AvgIpc) is 3.42. The highest BCUT2D eigenvalue weighted by Gasteiger charge is 2.37. The van der Waals surface area contributed by atoms with E-state index >= 15 is 0 Å². The van der Waals surface area contributed by atoms with Crippen molar-refractivity contribution in [3.05, 3.63) is 42.4 Å². The second kappa shape index (κ2) is 7.60. The van der Waals surface area contributed by atoms with Crippen molar-refractivity contribution in [1.29, 1.82) is 0 Å². The number of piperidine rings is 1. The van der Waals surface area contributed by atoms with Crippen LogP contribution in [0, 0.1) is 0 Å². The molecular formula is C21H22F3N7. The molecule has 0 radical (unpaired) electrons. The van der Waals surface area contributed by atoms with Crippen molar-refractivity contribution >= 4 is 5.82 Å². The number of hydrogen-bond donors (Lipinski definition) is 2. The molecule has 0 spiro atoms.